The van der Waals surface area contributed by atoms with Gasteiger partial charge in [-0.05, 0) is 43.2 Å². The highest BCUT2D eigenvalue weighted by Gasteiger charge is 2.46. The lowest BCUT2D eigenvalue weighted by Crippen LogP contribution is -2.62. The second kappa shape index (κ2) is 15.1. The first kappa shape index (κ1) is 32.2. The molecule has 2 saturated heterocycles. The number of hydrogen-bond donors (Lipinski definition) is 4. The van der Waals surface area contributed by atoms with E-state index in [2.05, 4.69) is 16.0 Å². The first-order chi connectivity index (χ1) is 20.7. The average Bonchev–Trinajstić information content (AvgIpc) is 3.42. The van der Waals surface area contributed by atoms with Gasteiger partial charge in [0.1, 0.15) is 12.1 Å². The fourth-order valence-corrected chi connectivity index (χ4v) is 6.00. The minimum Gasteiger partial charge on any atom is -0.395 e. The molecule has 0 unspecified atom stereocenters. The maximum atomic E-state index is 14.2. The van der Waals surface area contributed by atoms with E-state index in [0.717, 1.165) is 11.1 Å². The Balaban J connectivity index is 1.58. The van der Waals surface area contributed by atoms with E-state index < -0.39 is 30.1 Å². The lowest BCUT2D eigenvalue weighted by Gasteiger charge is -2.39. The van der Waals surface area contributed by atoms with Crippen molar-refractivity contribution in [3.8, 4) is 0 Å². The van der Waals surface area contributed by atoms with Crippen molar-refractivity contribution in [1.82, 2.24) is 25.8 Å². The summed E-state index contributed by atoms with van der Waals surface area (Å²) in [7, 11) is 0. The van der Waals surface area contributed by atoms with E-state index in [1.165, 1.54) is 0 Å². The molecule has 2 aromatic carbocycles. The van der Waals surface area contributed by atoms with Crippen molar-refractivity contribution >= 4 is 23.6 Å². The van der Waals surface area contributed by atoms with Crippen LogP contribution < -0.4 is 16.0 Å². The topological polar surface area (TPSA) is 131 Å². The van der Waals surface area contributed by atoms with Crippen LogP contribution in [0.2, 0.25) is 0 Å². The number of aliphatic hydroxyl groups is 1. The van der Waals surface area contributed by atoms with Crippen molar-refractivity contribution in [1.29, 1.82) is 0 Å². The zero-order chi connectivity index (χ0) is 30.9. The van der Waals surface area contributed by atoms with Gasteiger partial charge in [0.25, 0.3) is 0 Å². The number of aliphatic hydroxyl groups excluding tert-OH is 1. The van der Waals surface area contributed by atoms with Crippen molar-refractivity contribution in [3.05, 3.63) is 71.8 Å². The van der Waals surface area contributed by atoms with Gasteiger partial charge in [0.2, 0.25) is 23.6 Å². The van der Waals surface area contributed by atoms with Crippen LogP contribution >= 0.6 is 0 Å². The number of nitrogens with zero attached hydrogens (tertiary/aromatic N) is 2. The molecule has 10 heteroatoms. The predicted molar refractivity (Wildman–Crippen MR) is 164 cm³/mol. The third-order valence-corrected chi connectivity index (χ3v) is 8.25. The zero-order valence-electron chi connectivity index (χ0n) is 25.4. The van der Waals surface area contributed by atoms with Crippen LogP contribution in [0.4, 0.5) is 0 Å². The van der Waals surface area contributed by atoms with Gasteiger partial charge in [-0.25, -0.2) is 0 Å². The molecule has 2 heterocycles. The molecule has 43 heavy (non-hydrogen) atoms. The van der Waals surface area contributed by atoms with Crippen molar-refractivity contribution in [3.63, 3.8) is 0 Å². The summed E-state index contributed by atoms with van der Waals surface area (Å²) in [4.78, 5) is 57.7. The smallest absolute Gasteiger partial charge is 0.247 e. The Kier molecular flexibility index (Phi) is 11.3. The molecule has 10 nitrogen and oxygen atoms in total. The molecule has 4 atom stereocenters. The summed E-state index contributed by atoms with van der Waals surface area (Å²) < 4.78 is 0. The summed E-state index contributed by atoms with van der Waals surface area (Å²) in [5.41, 5.74) is 1.87. The van der Waals surface area contributed by atoms with Crippen LogP contribution in [0.15, 0.2) is 60.7 Å². The van der Waals surface area contributed by atoms with Crippen LogP contribution in [-0.2, 0) is 19.2 Å². The zero-order valence-corrected chi connectivity index (χ0v) is 25.4. The number of carbonyl (C=O) groups is 4. The SMILES string of the molecule is CC(C)CC(=O)N1CC[C@H]2CC[C@@H](C(=O)NC(c3ccccc3)c3ccccc3)N2C(=O)[C@@H](NC(=O)[C@H](C)NCCO)C1. The molecule has 0 bridgehead atoms. The molecule has 232 valence electrons. The number of hydrogen-bond acceptors (Lipinski definition) is 6. The quantitative estimate of drug-likeness (QED) is 0.316. The Labute approximate surface area is 254 Å². The molecule has 0 saturated carbocycles. The van der Waals surface area contributed by atoms with Crippen LogP contribution in [0.5, 0.6) is 0 Å². The monoisotopic (exact) mass is 591 g/mol. The number of benzene rings is 2. The molecular weight excluding hydrogens is 546 g/mol. The van der Waals surface area contributed by atoms with E-state index in [9.17, 15) is 19.2 Å². The minimum atomic E-state index is -1.00. The third-order valence-electron chi connectivity index (χ3n) is 8.25. The van der Waals surface area contributed by atoms with Crippen LogP contribution in [0, 0.1) is 5.92 Å². The Hall–Kier alpha value is -3.76. The van der Waals surface area contributed by atoms with Gasteiger partial charge >= 0.3 is 0 Å². The largest absolute Gasteiger partial charge is 0.395 e. The molecule has 0 aliphatic carbocycles. The standard InChI is InChI=1S/C33H45N5O5/c1-22(2)20-29(40)37-18-16-26-14-15-28(38(26)33(43)27(21-37)35-31(41)23(3)34-17-19-39)32(42)36-30(24-10-6-4-7-11-24)25-12-8-5-9-13-25/h4-13,22-23,26-28,30,34,39H,14-21H2,1-3H3,(H,35,41)(H,36,42)/t23-,26+,27-,28-/m0/s1. The van der Waals surface area contributed by atoms with Crippen molar-refractivity contribution < 1.29 is 24.3 Å². The van der Waals surface area contributed by atoms with Crippen LogP contribution in [0.1, 0.15) is 63.6 Å². The lowest BCUT2D eigenvalue weighted by molar-refractivity contribution is -0.147. The molecule has 4 amide bonds. The van der Waals surface area contributed by atoms with E-state index in [0.29, 0.717) is 32.2 Å². The average molecular weight is 592 g/mol. The number of nitrogens with one attached hydrogen (secondary N) is 3. The highest BCUT2D eigenvalue weighted by molar-refractivity contribution is 5.94. The molecule has 2 aliphatic rings. The summed E-state index contributed by atoms with van der Waals surface area (Å²) in [6.07, 6.45) is 2.04. The first-order valence-corrected chi connectivity index (χ1v) is 15.3. The van der Waals surface area contributed by atoms with Crippen molar-refractivity contribution in [2.75, 3.05) is 26.2 Å². The predicted octanol–water partition coefficient (Wildman–Crippen LogP) is 1.99. The van der Waals surface area contributed by atoms with E-state index in [4.69, 9.17) is 5.11 Å². The molecule has 0 aromatic heterocycles. The van der Waals surface area contributed by atoms with Gasteiger partial charge in [-0.2, -0.15) is 0 Å². The highest BCUT2D eigenvalue weighted by Crippen LogP contribution is 2.31. The minimum absolute atomic E-state index is 0.0388. The Bertz CT molecular complexity index is 1200. The Morgan fingerprint density at radius 2 is 1.56 bits per heavy atom. The van der Waals surface area contributed by atoms with Crippen molar-refractivity contribution in [2.24, 2.45) is 5.92 Å². The van der Waals surface area contributed by atoms with Gasteiger partial charge in [0.15, 0.2) is 0 Å². The summed E-state index contributed by atoms with van der Waals surface area (Å²) >= 11 is 0. The van der Waals surface area contributed by atoms with Crippen LogP contribution in [-0.4, -0.2) is 88.9 Å². The molecular formula is C33H45N5O5. The van der Waals surface area contributed by atoms with Crippen molar-refractivity contribution in [2.45, 2.75) is 76.7 Å². The molecule has 2 aromatic rings. The summed E-state index contributed by atoms with van der Waals surface area (Å²) in [6, 6.07) is 16.5. The number of rotatable bonds is 11. The van der Waals surface area contributed by atoms with Gasteiger partial charge < -0.3 is 30.9 Å². The highest BCUT2D eigenvalue weighted by atomic mass is 16.3. The molecule has 0 radical (unpaired) electrons. The first-order valence-electron chi connectivity index (χ1n) is 15.3. The second-order valence-electron chi connectivity index (χ2n) is 11.9. The normalized spacial score (nSPS) is 21.3. The maximum Gasteiger partial charge on any atom is 0.247 e. The number of fused-ring (bicyclic) bond motifs is 1. The van der Waals surface area contributed by atoms with E-state index in [-0.39, 0.29) is 49.4 Å². The lowest BCUT2D eigenvalue weighted by atomic mass is 9.98. The molecule has 2 aliphatic heterocycles. The summed E-state index contributed by atoms with van der Waals surface area (Å²) in [5, 5.41) is 18.1. The number of amides is 4. The summed E-state index contributed by atoms with van der Waals surface area (Å²) in [6.45, 7) is 6.18. The van der Waals surface area contributed by atoms with Gasteiger partial charge in [0.05, 0.1) is 18.7 Å². The second-order valence-corrected chi connectivity index (χ2v) is 11.9. The van der Waals surface area contributed by atoms with E-state index in [1.54, 1.807) is 16.7 Å². The van der Waals surface area contributed by atoms with Crippen LogP contribution in [0.3, 0.4) is 0 Å². The van der Waals surface area contributed by atoms with Gasteiger partial charge in [-0.15, -0.1) is 0 Å². The van der Waals surface area contributed by atoms with E-state index in [1.807, 2.05) is 74.5 Å². The maximum absolute atomic E-state index is 14.2. The molecule has 2 fully saturated rings. The van der Waals surface area contributed by atoms with Gasteiger partial charge in [-0.3, -0.25) is 19.2 Å². The molecule has 0 spiro atoms. The van der Waals surface area contributed by atoms with Gasteiger partial charge in [-0.1, -0.05) is 74.5 Å². The Morgan fingerprint density at radius 3 is 2.14 bits per heavy atom. The van der Waals surface area contributed by atoms with Gasteiger partial charge in [0, 0.05) is 32.1 Å². The third kappa shape index (κ3) is 8.20. The van der Waals surface area contributed by atoms with E-state index >= 15 is 0 Å². The molecule has 4 N–H and O–H groups in total. The number of carbonyl (C=O) groups excluding carboxylic acids is 4. The molecule has 4 rings (SSSR count). The Morgan fingerprint density at radius 1 is 0.930 bits per heavy atom. The van der Waals surface area contributed by atoms with Crippen LogP contribution in [0.25, 0.3) is 0 Å². The fraction of sp³-hybridized carbons (Fsp3) is 0.515. The fourth-order valence-electron chi connectivity index (χ4n) is 6.00. The summed E-state index contributed by atoms with van der Waals surface area (Å²) in [5.74, 6) is -0.910.